The summed E-state index contributed by atoms with van der Waals surface area (Å²) in [5.74, 6) is 1.55. The van der Waals surface area contributed by atoms with Gasteiger partial charge < -0.3 is 14.8 Å². The molecule has 0 saturated heterocycles. The number of ether oxygens (including phenoxy) is 2. The van der Waals surface area contributed by atoms with Gasteiger partial charge in [0, 0.05) is 27.8 Å². The molecular formula is C32H33ClN4O4S. The molecule has 2 heterocycles. The van der Waals surface area contributed by atoms with Crippen molar-refractivity contribution in [3.63, 3.8) is 0 Å². The van der Waals surface area contributed by atoms with Crippen LogP contribution in [0.1, 0.15) is 35.8 Å². The Morgan fingerprint density at radius 2 is 1.79 bits per heavy atom. The van der Waals surface area contributed by atoms with Crippen LogP contribution in [0.2, 0.25) is 5.02 Å². The van der Waals surface area contributed by atoms with Gasteiger partial charge in [-0.1, -0.05) is 41.4 Å². The number of nitrogens with one attached hydrogen (secondary N) is 1. The van der Waals surface area contributed by atoms with Crippen LogP contribution in [0, 0.1) is 6.92 Å². The molecule has 0 spiro atoms. The van der Waals surface area contributed by atoms with E-state index < -0.39 is 0 Å². The molecule has 1 aliphatic heterocycles. The van der Waals surface area contributed by atoms with Gasteiger partial charge in [-0.15, -0.1) is 11.8 Å². The van der Waals surface area contributed by atoms with Crippen LogP contribution in [0.3, 0.4) is 0 Å². The van der Waals surface area contributed by atoms with Crippen molar-refractivity contribution >= 4 is 41.0 Å². The average Bonchev–Trinajstić information content (AvgIpc) is 3.29. The summed E-state index contributed by atoms with van der Waals surface area (Å²) in [6, 6.07) is 20.9. The van der Waals surface area contributed by atoms with Crippen molar-refractivity contribution in [1.29, 1.82) is 0 Å². The van der Waals surface area contributed by atoms with Crippen molar-refractivity contribution in [2.24, 2.45) is 0 Å². The summed E-state index contributed by atoms with van der Waals surface area (Å²) >= 11 is 7.73. The summed E-state index contributed by atoms with van der Waals surface area (Å²) in [5, 5.41) is 8.28. The van der Waals surface area contributed by atoms with E-state index in [1.54, 1.807) is 23.8 Å². The van der Waals surface area contributed by atoms with Gasteiger partial charge in [0.1, 0.15) is 23.9 Å². The second kappa shape index (κ2) is 12.5. The van der Waals surface area contributed by atoms with E-state index in [1.807, 2.05) is 87.5 Å². The highest BCUT2D eigenvalue weighted by Gasteiger charge is 2.39. The lowest BCUT2D eigenvalue weighted by atomic mass is 9.98. The van der Waals surface area contributed by atoms with Crippen molar-refractivity contribution in [3.8, 4) is 28.4 Å². The van der Waals surface area contributed by atoms with E-state index in [-0.39, 0.29) is 35.4 Å². The third-order valence-electron chi connectivity index (χ3n) is 6.96. The molecule has 0 aliphatic carbocycles. The molecule has 0 fully saturated rings. The van der Waals surface area contributed by atoms with Gasteiger partial charge in [-0.05, 0) is 63.2 Å². The molecule has 4 aromatic rings. The zero-order valence-corrected chi connectivity index (χ0v) is 25.8. The number of carbonyl (C=O) groups is 2. The van der Waals surface area contributed by atoms with Gasteiger partial charge in [-0.3, -0.25) is 14.5 Å². The Morgan fingerprint density at radius 1 is 1.07 bits per heavy atom. The van der Waals surface area contributed by atoms with Gasteiger partial charge in [-0.25, -0.2) is 4.68 Å². The second-order valence-electron chi connectivity index (χ2n) is 10.3. The van der Waals surface area contributed by atoms with Gasteiger partial charge in [0.15, 0.2) is 0 Å². The van der Waals surface area contributed by atoms with Crippen LogP contribution in [0.15, 0.2) is 66.7 Å². The summed E-state index contributed by atoms with van der Waals surface area (Å²) < 4.78 is 13.2. The normalized spacial score (nSPS) is 14.9. The fourth-order valence-corrected chi connectivity index (χ4v) is 6.35. The zero-order valence-electron chi connectivity index (χ0n) is 24.2. The number of thioether (sulfide) groups is 1. The summed E-state index contributed by atoms with van der Waals surface area (Å²) in [4.78, 5) is 28.6. The van der Waals surface area contributed by atoms with E-state index >= 15 is 0 Å². The molecule has 1 atom stereocenters. The number of halogens is 1. The van der Waals surface area contributed by atoms with Gasteiger partial charge in [0.05, 0.1) is 36.6 Å². The quantitative estimate of drug-likeness (QED) is 0.257. The predicted molar refractivity (Wildman–Crippen MR) is 168 cm³/mol. The number of amides is 2. The van der Waals surface area contributed by atoms with Crippen LogP contribution in [0.25, 0.3) is 16.9 Å². The fourth-order valence-electron chi connectivity index (χ4n) is 5.01. The van der Waals surface area contributed by atoms with E-state index in [4.69, 9.17) is 26.2 Å². The molecule has 8 nitrogen and oxygen atoms in total. The predicted octanol–water partition coefficient (Wildman–Crippen LogP) is 6.21. The first-order valence-electron chi connectivity index (χ1n) is 13.6. The monoisotopic (exact) mass is 604 g/mol. The van der Waals surface area contributed by atoms with Crippen molar-refractivity contribution in [2.75, 3.05) is 31.4 Å². The molecule has 1 unspecified atom stereocenters. The fraction of sp³-hybridized carbons (Fsp3) is 0.281. The number of aromatic nitrogens is 2. The van der Waals surface area contributed by atoms with Crippen molar-refractivity contribution in [2.45, 2.75) is 32.1 Å². The van der Waals surface area contributed by atoms with E-state index in [9.17, 15) is 9.59 Å². The first-order valence-corrected chi connectivity index (χ1v) is 15.0. The van der Waals surface area contributed by atoms with Crippen LogP contribution in [0.5, 0.6) is 11.5 Å². The SMILES string of the molecule is COc1ccc(OC)c(C2SCC(=O)N(CC(=O)NC(C)C)c3c2c(-c2ccc(Cl)cc2)nn3-c2ccc(C)cc2)c1. The van der Waals surface area contributed by atoms with E-state index in [2.05, 4.69) is 5.32 Å². The van der Waals surface area contributed by atoms with E-state index in [0.717, 1.165) is 27.9 Å². The number of hydrogen-bond donors (Lipinski definition) is 1. The highest BCUT2D eigenvalue weighted by molar-refractivity contribution is 8.00. The maximum atomic E-state index is 13.9. The standard InChI is InChI=1S/C32H33ClN4O4S/c1-19(2)34-27(38)17-36-28(39)18-42-31(25-16-24(40-4)14-15-26(25)41-5)29-30(21-8-10-22(33)11-9-21)35-37(32(29)36)23-12-6-20(3)7-13-23/h6-16,19,31H,17-18H2,1-5H3,(H,34,38). The first-order chi connectivity index (χ1) is 20.2. The van der Waals surface area contributed by atoms with Crippen LogP contribution < -0.4 is 19.7 Å². The summed E-state index contributed by atoms with van der Waals surface area (Å²) in [5.41, 5.74) is 4.99. The van der Waals surface area contributed by atoms with Crippen LogP contribution in [0.4, 0.5) is 5.82 Å². The second-order valence-corrected chi connectivity index (χ2v) is 11.9. The Bertz CT molecular complexity index is 1600. The lowest BCUT2D eigenvalue weighted by molar-refractivity contribution is -0.123. The van der Waals surface area contributed by atoms with Crippen molar-refractivity contribution in [1.82, 2.24) is 15.1 Å². The molecule has 3 aromatic carbocycles. The minimum atomic E-state index is -0.378. The molecule has 10 heteroatoms. The van der Waals surface area contributed by atoms with Crippen LogP contribution >= 0.6 is 23.4 Å². The maximum Gasteiger partial charge on any atom is 0.240 e. The topological polar surface area (TPSA) is 85.7 Å². The van der Waals surface area contributed by atoms with Gasteiger partial charge in [-0.2, -0.15) is 5.10 Å². The first kappa shape index (κ1) is 29.5. The van der Waals surface area contributed by atoms with Crippen LogP contribution in [-0.4, -0.2) is 54.2 Å². The third kappa shape index (κ3) is 5.98. The maximum absolute atomic E-state index is 13.9. The Balaban J connectivity index is 1.84. The summed E-state index contributed by atoms with van der Waals surface area (Å²) in [6.45, 7) is 5.65. The van der Waals surface area contributed by atoms with Gasteiger partial charge in [0.2, 0.25) is 11.8 Å². The summed E-state index contributed by atoms with van der Waals surface area (Å²) in [7, 11) is 3.24. The Morgan fingerprint density at radius 3 is 2.43 bits per heavy atom. The summed E-state index contributed by atoms with van der Waals surface area (Å²) in [6.07, 6.45) is 0. The Labute approximate surface area is 255 Å². The number of fused-ring (bicyclic) bond motifs is 1. The number of benzene rings is 3. The number of carbonyl (C=O) groups excluding carboxylic acids is 2. The highest BCUT2D eigenvalue weighted by atomic mass is 35.5. The zero-order chi connectivity index (χ0) is 30.0. The molecule has 218 valence electrons. The largest absolute Gasteiger partial charge is 0.497 e. The lowest BCUT2D eigenvalue weighted by Gasteiger charge is -2.24. The molecule has 0 bridgehead atoms. The Hall–Kier alpha value is -3.95. The average molecular weight is 605 g/mol. The third-order valence-corrected chi connectivity index (χ3v) is 8.44. The van der Waals surface area contributed by atoms with Gasteiger partial charge >= 0.3 is 0 Å². The minimum Gasteiger partial charge on any atom is -0.497 e. The number of methoxy groups -OCH3 is 2. The van der Waals surface area contributed by atoms with E-state index in [0.29, 0.717) is 28.0 Å². The highest BCUT2D eigenvalue weighted by Crippen LogP contribution is 2.51. The molecule has 2 amide bonds. The molecule has 1 N–H and O–H groups in total. The number of hydrogen-bond acceptors (Lipinski definition) is 6. The minimum absolute atomic E-state index is 0.0751. The Kier molecular flexibility index (Phi) is 8.80. The van der Waals surface area contributed by atoms with Crippen molar-refractivity contribution in [3.05, 3.63) is 88.4 Å². The molecule has 42 heavy (non-hydrogen) atoms. The smallest absolute Gasteiger partial charge is 0.240 e. The van der Waals surface area contributed by atoms with Crippen molar-refractivity contribution < 1.29 is 19.1 Å². The van der Waals surface area contributed by atoms with E-state index in [1.165, 1.54) is 11.8 Å². The number of rotatable bonds is 8. The molecule has 0 saturated carbocycles. The van der Waals surface area contributed by atoms with Gasteiger partial charge in [0.25, 0.3) is 0 Å². The number of aryl methyl sites for hydroxylation is 1. The molecule has 1 aliphatic rings. The van der Waals surface area contributed by atoms with Crippen LogP contribution in [-0.2, 0) is 9.59 Å². The number of nitrogens with zero attached hydrogens (tertiary/aromatic N) is 3. The number of anilines is 1. The molecule has 0 radical (unpaired) electrons. The lowest BCUT2D eigenvalue weighted by Crippen LogP contribution is -2.44. The molecule has 1 aromatic heterocycles. The molecular weight excluding hydrogens is 572 g/mol. The molecule has 5 rings (SSSR count).